The van der Waals surface area contributed by atoms with E-state index in [1.165, 1.54) is 24.3 Å². The Hall–Kier alpha value is -2.81. The fourth-order valence-corrected chi connectivity index (χ4v) is 3.15. The maximum atomic E-state index is 13.0. The fraction of sp³-hybridized carbons (Fsp3) is 0.368. The molecule has 1 aliphatic rings. The van der Waals surface area contributed by atoms with Gasteiger partial charge in [-0.25, -0.2) is 4.39 Å². The van der Waals surface area contributed by atoms with E-state index in [1.54, 1.807) is 0 Å². The van der Waals surface area contributed by atoms with Gasteiger partial charge >= 0.3 is 0 Å². The number of nitriles is 1. The molecular formula is C19H19FN4O. The van der Waals surface area contributed by atoms with Gasteiger partial charge in [-0.3, -0.25) is 4.79 Å². The third-order valence-electron chi connectivity index (χ3n) is 4.84. The zero-order valence-corrected chi connectivity index (χ0v) is 14.3. The average Bonchev–Trinajstić information content (AvgIpc) is 2.64. The van der Waals surface area contributed by atoms with E-state index < -0.39 is 0 Å². The molecule has 0 atom stereocenters. The van der Waals surface area contributed by atoms with Crippen LogP contribution in [-0.4, -0.2) is 29.1 Å². The minimum Gasteiger partial charge on any atom is -0.354 e. The highest BCUT2D eigenvalue weighted by Gasteiger charge is 2.28. The zero-order chi connectivity index (χ0) is 18.0. The molecular weight excluding hydrogens is 319 g/mol. The quantitative estimate of drug-likeness (QED) is 0.804. The second-order valence-electron chi connectivity index (χ2n) is 6.35. The molecule has 0 N–H and O–H groups in total. The largest absolute Gasteiger partial charge is 0.354 e. The number of Topliss-reactive ketones (excluding diaryl/α,β-unsaturated/α-hetero) is 1. The van der Waals surface area contributed by atoms with Crippen LogP contribution in [0.5, 0.6) is 0 Å². The van der Waals surface area contributed by atoms with Gasteiger partial charge in [0.2, 0.25) is 0 Å². The molecule has 1 aliphatic heterocycles. The lowest BCUT2D eigenvalue weighted by Crippen LogP contribution is -2.37. The number of aromatic nitrogens is 2. The molecule has 5 nitrogen and oxygen atoms in total. The van der Waals surface area contributed by atoms with Crippen LogP contribution in [0.15, 0.2) is 24.3 Å². The fourth-order valence-electron chi connectivity index (χ4n) is 3.15. The van der Waals surface area contributed by atoms with E-state index in [0.29, 0.717) is 42.9 Å². The van der Waals surface area contributed by atoms with Crippen molar-refractivity contribution >= 4 is 11.6 Å². The van der Waals surface area contributed by atoms with Gasteiger partial charge < -0.3 is 4.90 Å². The Kier molecular flexibility index (Phi) is 4.75. The molecule has 3 rings (SSSR count). The minimum atomic E-state index is -0.344. The second-order valence-corrected chi connectivity index (χ2v) is 6.35. The van der Waals surface area contributed by atoms with Gasteiger partial charge in [0.05, 0.1) is 5.69 Å². The van der Waals surface area contributed by atoms with Crippen LogP contribution in [0, 0.1) is 36.9 Å². The molecule has 0 aliphatic carbocycles. The van der Waals surface area contributed by atoms with Gasteiger partial charge in [-0.2, -0.15) is 10.4 Å². The molecule has 1 aromatic heterocycles. The molecule has 0 unspecified atom stereocenters. The summed E-state index contributed by atoms with van der Waals surface area (Å²) in [6, 6.07) is 7.91. The standard InChI is InChI=1S/C19H19FN4O/c1-12-13(2)22-23-19(17(12)11-21)24-9-7-15(8-10-24)18(25)14-3-5-16(20)6-4-14/h3-6,15H,7-10H2,1-2H3. The van der Waals surface area contributed by atoms with Crippen LogP contribution in [-0.2, 0) is 0 Å². The SMILES string of the molecule is Cc1nnc(N2CCC(C(=O)c3ccc(F)cc3)CC2)c(C#N)c1C. The molecule has 6 heteroatoms. The van der Waals surface area contributed by atoms with Crippen LogP contribution >= 0.6 is 0 Å². The number of anilines is 1. The molecule has 128 valence electrons. The lowest BCUT2D eigenvalue weighted by atomic mass is 9.88. The summed E-state index contributed by atoms with van der Waals surface area (Å²) < 4.78 is 13.0. The van der Waals surface area contributed by atoms with E-state index >= 15 is 0 Å². The Balaban J connectivity index is 1.72. The van der Waals surface area contributed by atoms with Crippen molar-refractivity contribution in [3.05, 3.63) is 52.5 Å². The normalized spacial score (nSPS) is 15.0. The number of halogens is 1. The number of hydrogen-bond acceptors (Lipinski definition) is 5. The molecule has 0 bridgehead atoms. The number of aryl methyl sites for hydroxylation is 1. The van der Waals surface area contributed by atoms with Crippen molar-refractivity contribution in [2.24, 2.45) is 5.92 Å². The highest BCUT2D eigenvalue weighted by Crippen LogP contribution is 2.28. The van der Waals surface area contributed by atoms with Crippen molar-refractivity contribution in [3.63, 3.8) is 0 Å². The van der Waals surface area contributed by atoms with Gasteiger partial charge in [-0.05, 0) is 56.5 Å². The number of ketones is 1. The Labute approximate surface area is 146 Å². The second kappa shape index (κ2) is 6.98. The lowest BCUT2D eigenvalue weighted by Gasteiger charge is -2.32. The number of carbonyl (C=O) groups excluding carboxylic acids is 1. The van der Waals surface area contributed by atoms with E-state index in [-0.39, 0.29) is 17.5 Å². The first-order valence-electron chi connectivity index (χ1n) is 8.30. The number of nitrogens with zero attached hydrogens (tertiary/aromatic N) is 4. The van der Waals surface area contributed by atoms with Crippen LogP contribution in [0.4, 0.5) is 10.2 Å². The third kappa shape index (κ3) is 3.36. The molecule has 1 fully saturated rings. The highest BCUT2D eigenvalue weighted by atomic mass is 19.1. The Bertz CT molecular complexity index is 834. The molecule has 1 saturated heterocycles. The summed E-state index contributed by atoms with van der Waals surface area (Å²) in [5.74, 6) is 0.208. The van der Waals surface area contributed by atoms with Gasteiger partial charge in [-0.1, -0.05) is 0 Å². The van der Waals surface area contributed by atoms with Crippen LogP contribution < -0.4 is 4.90 Å². The minimum absolute atomic E-state index is 0.0475. The molecule has 0 saturated carbocycles. The first-order valence-corrected chi connectivity index (χ1v) is 8.30. The lowest BCUT2D eigenvalue weighted by molar-refractivity contribution is 0.0900. The summed E-state index contributed by atoms with van der Waals surface area (Å²) in [5.41, 5.74) is 2.69. The summed E-state index contributed by atoms with van der Waals surface area (Å²) in [7, 11) is 0. The summed E-state index contributed by atoms with van der Waals surface area (Å²) in [4.78, 5) is 14.6. The topological polar surface area (TPSA) is 69.9 Å². The van der Waals surface area contributed by atoms with E-state index in [2.05, 4.69) is 16.3 Å². The van der Waals surface area contributed by atoms with Crippen molar-refractivity contribution < 1.29 is 9.18 Å². The maximum absolute atomic E-state index is 13.0. The van der Waals surface area contributed by atoms with Gasteiger partial charge in [0, 0.05) is 24.6 Å². The van der Waals surface area contributed by atoms with E-state index in [0.717, 1.165) is 11.3 Å². The van der Waals surface area contributed by atoms with Gasteiger partial charge in [0.1, 0.15) is 17.4 Å². The van der Waals surface area contributed by atoms with E-state index in [1.807, 2.05) is 18.7 Å². The smallest absolute Gasteiger partial charge is 0.169 e. The van der Waals surface area contributed by atoms with Crippen molar-refractivity contribution in [2.45, 2.75) is 26.7 Å². The van der Waals surface area contributed by atoms with Crippen LogP contribution in [0.1, 0.15) is 40.0 Å². The molecule has 1 aromatic carbocycles. The van der Waals surface area contributed by atoms with Crippen molar-refractivity contribution in [2.75, 3.05) is 18.0 Å². The van der Waals surface area contributed by atoms with E-state index in [4.69, 9.17) is 0 Å². The molecule has 2 aromatic rings. The first-order chi connectivity index (χ1) is 12.0. The van der Waals surface area contributed by atoms with Crippen molar-refractivity contribution in [1.29, 1.82) is 5.26 Å². The number of rotatable bonds is 3. The number of benzene rings is 1. The van der Waals surface area contributed by atoms with Crippen LogP contribution in [0.25, 0.3) is 0 Å². The Morgan fingerprint density at radius 2 is 1.84 bits per heavy atom. The summed E-state index contributed by atoms with van der Waals surface area (Å²) in [5, 5.41) is 17.8. The molecule has 25 heavy (non-hydrogen) atoms. The van der Waals surface area contributed by atoms with Crippen LogP contribution in [0.2, 0.25) is 0 Å². The van der Waals surface area contributed by atoms with Gasteiger partial charge in [-0.15, -0.1) is 5.10 Å². The predicted octanol–water partition coefficient (Wildman–Crippen LogP) is 3.20. The first kappa shape index (κ1) is 17.0. The number of hydrogen-bond donors (Lipinski definition) is 0. The zero-order valence-electron chi connectivity index (χ0n) is 14.3. The molecule has 0 amide bonds. The molecule has 0 radical (unpaired) electrons. The highest BCUT2D eigenvalue weighted by molar-refractivity contribution is 5.98. The Morgan fingerprint density at radius 3 is 2.44 bits per heavy atom. The summed E-state index contributed by atoms with van der Waals surface area (Å²) >= 11 is 0. The predicted molar refractivity (Wildman–Crippen MR) is 91.9 cm³/mol. The summed E-state index contributed by atoms with van der Waals surface area (Å²) in [6.45, 7) is 4.99. The monoisotopic (exact) mass is 338 g/mol. The maximum Gasteiger partial charge on any atom is 0.169 e. The van der Waals surface area contributed by atoms with Crippen molar-refractivity contribution in [3.8, 4) is 6.07 Å². The van der Waals surface area contributed by atoms with Crippen molar-refractivity contribution in [1.82, 2.24) is 10.2 Å². The number of carbonyl (C=O) groups is 1. The Morgan fingerprint density at radius 1 is 1.20 bits per heavy atom. The average molecular weight is 338 g/mol. The van der Waals surface area contributed by atoms with Gasteiger partial charge in [0.15, 0.2) is 11.6 Å². The molecule has 2 heterocycles. The third-order valence-corrected chi connectivity index (χ3v) is 4.84. The number of piperidine rings is 1. The molecule has 0 spiro atoms. The van der Waals surface area contributed by atoms with Crippen LogP contribution in [0.3, 0.4) is 0 Å². The van der Waals surface area contributed by atoms with Gasteiger partial charge in [0.25, 0.3) is 0 Å². The van der Waals surface area contributed by atoms with E-state index in [9.17, 15) is 14.4 Å². The summed E-state index contributed by atoms with van der Waals surface area (Å²) in [6.07, 6.45) is 1.35.